The lowest BCUT2D eigenvalue weighted by Gasteiger charge is -2.13. The van der Waals surface area contributed by atoms with E-state index in [0.29, 0.717) is 5.52 Å². The number of aromatic nitrogens is 2. The highest BCUT2D eigenvalue weighted by Gasteiger charge is 2.35. The van der Waals surface area contributed by atoms with Crippen molar-refractivity contribution in [3.63, 3.8) is 0 Å². The summed E-state index contributed by atoms with van der Waals surface area (Å²) < 4.78 is 41.6. The first-order chi connectivity index (χ1) is 10.5. The number of hydrogen-bond acceptors (Lipinski definition) is 2. The third-order valence-corrected chi connectivity index (χ3v) is 4.75. The SMILES string of the molecule is CCCc1c(CCC)n2nc(C(F)(F)F)cc2c2sccc12. The van der Waals surface area contributed by atoms with Crippen LogP contribution in [0.4, 0.5) is 13.2 Å². The summed E-state index contributed by atoms with van der Waals surface area (Å²) in [5.41, 5.74) is 1.82. The Bertz CT molecular complexity index is 814. The molecule has 2 nitrogen and oxygen atoms in total. The highest BCUT2D eigenvalue weighted by atomic mass is 32.1. The van der Waals surface area contributed by atoms with E-state index in [4.69, 9.17) is 0 Å². The topological polar surface area (TPSA) is 17.3 Å². The normalized spacial score (nSPS) is 12.6. The standard InChI is InChI=1S/C16H17F3N2S/c1-3-5-10-11-7-8-22-15(11)13-9-14(16(17,18)19)20-21(13)12(10)6-4-2/h7-9H,3-6H2,1-2H3. The van der Waals surface area contributed by atoms with Gasteiger partial charge in [-0.3, -0.25) is 0 Å². The zero-order valence-electron chi connectivity index (χ0n) is 12.5. The Hall–Kier alpha value is -1.56. The van der Waals surface area contributed by atoms with E-state index in [2.05, 4.69) is 12.0 Å². The van der Waals surface area contributed by atoms with Crippen LogP contribution in [0.15, 0.2) is 17.5 Å². The van der Waals surface area contributed by atoms with Gasteiger partial charge in [-0.1, -0.05) is 26.7 Å². The first-order valence-corrected chi connectivity index (χ1v) is 8.33. The number of aryl methyl sites for hydroxylation is 2. The van der Waals surface area contributed by atoms with Crippen molar-refractivity contribution < 1.29 is 13.2 Å². The summed E-state index contributed by atoms with van der Waals surface area (Å²) in [7, 11) is 0. The molecule has 0 aliphatic heterocycles. The van der Waals surface area contributed by atoms with Crippen LogP contribution < -0.4 is 0 Å². The molecule has 6 heteroatoms. The molecule has 0 saturated carbocycles. The van der Waals surface area contributed by atoms with Gasteiger partial charge >= 0.3 is 6.18 Å². The molecule has 0 N–H and O–H groups in total. The molecule has 0 aromatic carbocycles. The van der Waals surface area contributed by atoms with E-state index >= 15 is 0 Å². The fourth-order valence-corrected chi connectivity index (χ4v) is 3.86. The minimum absolute atomic E-state index is 0.570. The van der Waals surface area contributed by atoms with Gasteiger partial charge in [-0.05, 0) is 41.3 Å². The zero-order chi connectivity index (χ0) is 15.9. The van der Waals surface area contributed by atoms with Crippen molar-refractivity contribution in [1.29, 1.82) is 0 Å². The predicted molar refractivity (Wildman–Crippen MR) is 83.6 cm³/mol. The number of hydrogen-bond donors (Lipinski definition) is 0. The second-order valence-corrected chi connectivity index (χ2v) is 6.33. The van der Waals surface area contributed by atoms with E-state index in [1.807, 2.05) is 18.4 Å². The van der Waals surface area contributed by atoms with E-state index in [9.17, 15) is 13.2 Å². The molecule has 0 amide bonds. The maximum Gasteiger partial charge on any atom is 0.435 e. The van der Waals surface area contributed by atoms with E-state index in [0.717, 1.165) is 47.0 Å². The second-order valence-electron chi connectivity index (χ2n) is 5.41. The summed E-state index contributed by atoms with van der Waals surface area (Å²) in [6, 6.07) is 3.19. The number of nitrogens with zero attached hydrogens (tertiary/aromatic N) is 2. The average Bonchev–Trinajstić information content (AvgIpc) is 3.07. The van der Waals surface area contributed by atoms with Crippen molar-refractivity contribution in [3.05, 3.63) is 34.5 Å². The van der Waals surface area contributed by atoms with Crippen molar-refractivity contribution >= 4 is 26.9 Å². The Morgan fingerprint density at radius 3 is 2.55 bits per heavy atom. The maximum absolute atomic E-state index is 13.0. The average molecular weight is 326 g/mol. The van der Waals surface area contributed by atoms with Gasteiger partial charge in [0.05, 0.1) is 10.2 Å². The zero-order valence-corrected chi connectivity index (χ0v) is 13.3. The molecule has 3 aromatic rings. The van der Waals surface area contributed by atoms with Crippen molar-refractivity contribution in [2.24, 2.45) is 0 Å². The molecule has 0 bridgehead atoms. The highest BCUT2D eigenvalue weighted by Crippen LogP contribution is 2.36. The Morgan fingerprint density at radius 1 is 1.18 bits per heavy atom. The minimum Gasteiger partial charge on any atom is -0.235 e. The van der Waals surface area contributed by atoms with Crippen molar-refractivity contribution in [1.82, 2.24) is 9.61 Å². The quantitative estimate of drug-likeness (QED) is 0.621. The maximum atomic E-state index is 13.0. The molecule has 118 valence electrons. The van der Waals surface area contributed by atoms with Crippen LogP contribution in [-0.2, 0) is 19.0 Å². The van der Waals surface area contributed by atoms with Crippen LogP contribution in [0, 0.1) is 0 Å². The monoisotopic (exact) mass is 326 g/mol. The molecule has 3 aromatic heterocycles. The molecular weight excluding hydrogens is 309 g/mol. The van der Waals surface area contributed by atoms with E-state index in [1.165, 1.54) is 21.9 Å². The van der Waals surface area contributed by atoms with Crippen LogP contribution in [-0.4, -0.2) is 9.61 Å². The molecule has 0 unspecified atom stereocenters. The molecule has 0 fully saturated rings. The molecule has 0 atom stereocenters. The van der Waals surface area contributed by atoms with Gasteiger partial charge in [0.25, 0.3) is 0 Å². The minimum atomic E-state index is -4.41. The smallest absolute Gasteiger partial charge is 0.235 e. The predicted octanol–water partition coefficient (Wildman–Crippen LogP) is 5.47. The van der Waals surface area contributed by atoms with Crippen LogP contribution in [0.5, 0.6) is 0 Å². The third kappa shape index (κ3) is 2.39. The van der Waals surface area contributed by atoms with Gasteiger partial charge in [0, 0.05) is 5.69 Å². The number of thiophene rings is 1. The number of pyridine rings is 1. The molecule has 3 heterocycles. The largest absolute Gasteiger partial charge is 0.435 e. The summed E-state index contributed by atoms with van der Waals surface area (Å²) in [5, 5.41) is 6.90. The molecule has 3 rings (SSSR count). The van der Waals surface area contributed by atoms with Gasteiger partial charge in [0.2, 0.25) is 0 Å². The molecular formula is C16H17F3N2S. The Morgan fingerprint density at radius 2 is 1.91 bits per heavy atom. The molecule has 0 aliphatic carbocycles. The van der Waals surface area contributed by atoms with Crippen LogP contribution >= 0.6 is 11.3 Å². The lowest BCUT2D eigenvalue weighted by Crippen LogP contribution is -2.08. The molecule has 0 aliphatic rings. The van der Waals surface area contributed by atoms with Crippen molar-refractivity contribution in [2.75, 3.05) is 0 Å². The lowest BCUT2D eigenvalue weighted by molar-refractivity contribution is -0.141. The van der Waals surface area contributed by atoms with Crippen LogP contribution in [0.25, 0.3) is 15.6 Å². The van der Waals surface area contributed by atoms with Gasteiger partial charge in [-0.25, -0.2) is 4.52 Å². The lowest BCUT2D eigenvalue weighted by atomic mass is 10.0. The number of rotatable bonds is 4. The van der Waals surface area contributed by atoms with Gasteiger partial charge in [0.1, 0.15) is 0 Å². The third-order valence-electron chi connectivity index (χ3n) is 3.81. The highest BCUT2D eigenvalue weighted by molar-refractivity contribution is 7.18. The number of fused-ring (bicyclic) bond motifs is 3. The van der Waals surface area contributed by atoms with Gasteiger partial charge < -0.3 is 0 Å². The Labute approximate surface area is 130 Å². The summed E-state index contributed by atoms with van der Waals surface area (Å²) in [4.78, 5) is 0. The van der Waals surface area contributed by atoms with Crippen molar-refractivity contribution in [3.8, 4) is 0 Å². The molecule has 22 heavy (non-hydrogen) atoms. The first kappa shape index (κ1) is 15.3. The van der Waals surface area contributed by atoms with Gasteiger partial charge in [-0.2, -0.15) is 18.3 Å². The Kier molecular flexibility index (Phi) is 3.89. The molecule has 0 saturated heterocycles. The summed E-state index contributed by atoms with van der Waals surface area (Å²) >= 11 is 1.48. The molecule has 0 spiro atoms. The van der Waals surface area contributed by atoms with E-state index in [1.54, 1.807) is 0 Å². The van der Waals surface area contributed by atoms with E-state index < -0.39 is 11.9 Å². The second kappa shape index (κ2) is 5.57. The molecule has 0 radical (unpaired) electrons. The number of alkyl halides is 3. The van der Waals surface area contributed by atoms with Gasteiger partial charge in [-0.15, -0.1) is 11.3 Å². The summed E-state index contributed by atoms with van der Waals surface area (Å²) in [6.45, 7) is 4.12. The summed E-state index contributed by atoms with van der Waals surface area (Å²) in [5.74, 6) is 0. The van der Waals surface area contributed by atoms with Gasteiger partial charge in [0.15, 0.2) is 5.69 Å². The van der Waals surface area contributed by atoms with E-state index in [-0.39, 0.29) is 0 Å². The number of halogens is 3. The van der Waals surface area contributed by atoms with Crippen LogP contribution in [0.3, 0.4) is 0 Å². The Balaban J connectivity index is 2.40. The fourth-order valence-electron chi connectivity index (χ4n) is 2.94. The summed E-state index contributed by atoms with van der Waals surface area (Å²) in [6.07, 6.45) is -0.983. The fraction of sp³-hybridized carbons (Fsp3) is 0.438. The van der Waals surface area contributed by atoms with Crippen molar-refractivity contribution in [2.45, 2.75) is 45.7 Å². The van der Waals surface area contributed by atoms with Crippen LogP contribution in [0.2, 0.25) is 0 Å². The van der Waals surface area contributed by atoms with Crippen LogP contribution in [0.1, 0.15) is 43.6 Å². The first-order valence-electron chi connectivity index (χ1n) is 7.45.